The van der Waals surface area contributed by atoms with Crippen molar-refractivity contribution in [3.05, 3.63) is 42.1 Å². The number of aromatic nitrogens is 2. The van der Waals surface area contributed by atoms with Gasteiger partial charge in [0.25, 0.3) is 5.91 Å². The van der Waals surface area contributed by atoms with E-state index in [4.69, 9.17) is 9.52 Å². The number of carbonyl (C=O) groups is 2. The Balaban J connectivity index is 1.62. The van der Waals surface area contributed by atoms with E-state index in [1.165, 1.54) is 4.90 Å². The molecule has 104 valence electrons. The number of hydrogen-bond acceptors (Lipinski definition) is 4. The van der Waals surface area contributed by atoms with E-state index in [0.717, 1.165) is 0 Å². The third-order valence-corrected chi connectivity index (χ3v) is 3.27. The molecular formula is C13H13N3O4. The molecule has 1 aliphatic heterocycles. The van der Waals surface area contributed by atoms with Crippen LogP contribution in [0.2, 0.25) is 0 Å². The number of amides is 1. The highest BCUT2D eigenvalue weighted by atomic mass is 16.4. The number of furan rings is 1. The smallest absolute Gasteiger partial charge is 0.310 e. The van der Waals surface area contributed by atoms with Crippen LogP contribution < -0.4 is 0 Å². The van der Waals surface area contributed by atoms with E-state index in [1.54, 1.807) is 35.3 Å². The van der Waals surface area contributed by atoms with Gasteiger partial charge in [-0.2, -0.15) is 5.10 Å². The van der Waals surface area contributed by atoms with Crippen LogP contribution in [0.25, 0.3) is 0 Å². The second-order valence-corrected chi connectivity index (χ2v) is 4.71. The van der Waals surface area contributed by atoms with Gasteiger partial charge in [-0.1, -0.05) is 0 Å². The molecule has 0 bridgehead atoms. The Morgan fingerprint density at radius 1 is 1.40 bits per heavy atom. The number of aliphatic carboxylic acids is 1. The molecule has 0 radical (unpaired) electrons. The fourth-order valence-electron chi connectivity index (χ4n) is 2.09. The number of likely N-dealkylation sites (tertiary alicyclic amines) is 1. The fourth-order valence-corrected chi connectivity index (χ4v) is 2.09. The predicted molar refractivity (Wildman–Crippen MR) is 67.1 cm³/mol. The average Bonchev–Trinajstić information content (AvgIpc) is 2.98. The van der Waals surface area contributed by atoms with Crippen molar-refractivity contribution >= 4 is 11.9 Å². The highest BCUT2D eigenvalue weighted by molar-refractivity contribution is 5.93. The molecule has 0 atom stereocenters. The zero-order valence-electron chi connectivity index (χ0n) is 10.6. The lowest BCUT2D eigenvalue weighted by atomic mass is 10.0. The Morgan fingerprint density at radius 3 is 2.85 bits per heavy atom. The van der Waals surface area contributed by atoms with Crippen LogP contribution in [0.5, 0.6) is 0 Å². The predicted octanol–water partition coefficient (Wildman–Crippen LogP) is 0.681. The molecule has 1 amide bonds. The summed E-state index contributed by atoms with van der Waals surface area (Å²) in [5.41, 5.74) is 0. The Kier molecular flexibility index (Phi) is 3.02. The van der Waals surface area contributed by atoms with Crippen LogP contribution in [0.4, 0.5) is 0 Å². The maximum Gasteiger partial charge on any atom is 0.310 e. The van der Waals surface area contributed by atoms with Crippen molar-refractivity contribution in [2.45, 2.75) is 6.54 Å². The summed E-state index contributed by atoms with van der Waals surface area (Å²) >= 11 is 0. The average molecular weight is 275 g/mol. The summed E-state index contributed by atoms with van der Waals surface area (Å²) < 4.78 is 7.16. The molecule has 7 heteroatoms. The maximum atomic E-state index is 12.0. The van der Waals surface area contributed by atoms with Gasteiger partial charge in [0.15, 0.2) is 5.76 Å². The number of nitrogens with zero attached hydrogens (tertiary/aromatic N) is 3. The normalized spacial score (nSPS) is 15.1. The fraction of sp³-hybridized carbons (Fsp3) is 0.308. The summed E-state index contributed by atoms with van der Waals surface area (Å²) in [7, 11) is 0. The van der Waals surface area contributed by atoms with Crippen molar-refractivity contribution < 1.29 is 19.1 Å². The van der Waals surface area contributed by atoms with E-state index in [9.17, 15) is 9.59 Å². The molecule has 3 heterocycles. The van der Waals surface area contributed by atoms with E-state index in [0.29, 0.717) is 12.3 Å². The maximum absolute atomic E-state index is 12.0. The highest BCUT2D eigenvalue weighted by Gasteiger charge is 2.36. The van der Waals surface area contributed by atoms with Gasteiger partial charge in [0.1, 0.15) is 5.76 Å². The number of carbonyl (C=O) groups excluding carboxylic acids is 1. The Labute approximate surface area is 114 Å². The molecule has 0 aliphatic carbocycles. The second-order valence-electron chi connectivity index (χ2n) is 4.71. The van der Waals surface area contributed by atoms with Gasteiger partial charge in [-0.15, -0.1) is 0 Å². The first-order valence-electron chi connectivity index (χ1n) is 6.21. The van der Waals surface area contributed by atoms with Gasteiger partial charge in [-0.3, -0.25) is 14.3 Å². The molecule has 1 aliphatic rings. The topological polar surface area (TPSA) is 88.6 Å². The minimum absolute atomic E-state index is 0.232. The standard InChI is InChI=1S/C13H13N3O4/c17-12(15-6-9(7-15)13(18)19)11-3-2-10(20-11)8-16-5-1-4-14-16/h1-5,9H,6-8H2,(H,18,19). The zero-order valence-corrected chi connectivity index (χ0v) is 10.6. The van der Waals surface area contributed by atoms with Gasteiger partial charge in [-0.25, -0.2) is 0 Å². The number of hydrogen-bond donors (Lipinski definition) is 1. The van der Waals surface area contributed by atoms with Crippen molar-refractivity contribution in [2.75, 3.05) is 13.1 Å². The molecule has 2 aromatic heterocycles. The molecule has 0 aromatic carbocycles. The molecule has 2 aromatic rings. The van der Waals surface area contributed by atoms with Gasteiger partial charge in [-0.05, 0) is 18.2 Å². The van der Waals surface area contributed by atoms with E-state index < -0.39 is 11.9 Å². The molecule has 0 saturated carbocycles. The molecule has 0 unspecified atom stereocenters. The van der Waals surface area contributed by atoms with Gasteiger partial charge in [0.2, 0.25) is 0 Å². The lowest BCUT2D eigenvalue weighted by Gasteiger charge is -2.35. The summed E-state index contributed by atoms with van der Waals surface area (Å²) in [5.74, 6) is -0.733. The number of rotatable bonds is 4. The van der Waals surface area contributed by atoms with Crippen molar-refractivity contribution in [2.24, 2.45) is 5.92 Å². The van der Waals surface area contributed by atoms with Crippen molar-refractivity contribution in [3.8, 4) is 0 Å². The van der Waals surface area contributed by atoms with Crippen molar-refractivity contribution in [1.29, 1.82) is 0 Å². The van der Waals surface area contributed by atoms with Crippen molar-refractivity contribution in [3.63, 3.8) is 0 Å². The summed E-state index contributed by atoms with van der Waals surface area (Å²) in [4.78, 5) is 24.2. The zero-order chi connectivity index (χ0) is 14.1. The van der Waals surface area contributed by atoms with E-state index in [2.05, 4.69) is 5.10 Å². The van der Waals surface area contributed by atoms with Crippen LogP contribution in [0.3, 0.4) is 0 Å². The Morgan fingerprint density at radius 2 is 2.20 bits per heavy atom. The molecule has 20 heavy (non-hydrogen) atoms. The third kappa shape index (κ3) is 2.29. The van der Waals surface area contributed by atoms with Crippen LogP contribution in [0.15, 0.2) is 35.0 Å². The van der Waals surface area contributed by atoms with Gasteiger partial charge in [0.05, 0.1) is 12.5 Å². The Bertz CT molecular complexity index is 626. The molecular weight excluding hydrogens is 262 g/mol. The Hall–Kier alpha value is -2.57. The quantitative estimate of drug-likeness (QED) is 0.886. The molecule has 1 saturated heterocycles. The number of carboxylic acid groups (broad SMARTS) is 1. The van der Waals surface area contributed by atoms with Crippen molar-refractivity contribution in [1.82, 2.24) is 14.7 Å². The first-order valence-corrected chi connectivity index (χ1v) is 6.21. The van der Waals surface area contributed by atoms with Gasteiger partial charge < -0.3 is 14.4 Å². The van der Waals surface area contributed by atoms with Crippen LogP contribution >= 0.6 is 0 Å². The minimum Gasteiger partial charge on any atom is -0.481 e. The summed E-state index contributed by atoms with van der Waals surface area (Å²) in [6.07, 6.45) is 3.47. The first-order chi connectivity index (χ1) is 9.63. The largest absolute Gasteiger partial charge is 0.481 e. The van der Waals surface area contributed by atoms with Crippen LogP contribution in [-0.2, 0) is 11.3 Å². The van der Waals surface area contributed by atoms with Gasteiger partial charge in [0, 0.05) is 25.5 Å². The molecule has 3 rings (SSSR count). The van der Waals surface area contributed by atoms with E-state index in [-0.39, 0.29) is 24.8 Å². The third-order valence-electron chi connectivity index (χ3n) is 3.27. The molecule has 1 N–H and O–H groups in total. The summed E-state index contributed by atoms with van der Waals surface area (Å²) in [6, 6.07) is 5.14. The summed E-state index contributed by atoms with van der Waals surface area (Å²) in [5, 5.41) is 12.8. The molecule has 1 fully saturated rings. The van der Waals surface area contributed by atoms with Crippen LogP contribution in [0.1, 0.15) is 16.3 Å². The highest BCUT2D eigenvalue weighted by Crippen LogP contribution is 2.20. The lowest BCUT2D eigenvalue weighted by Crippen LogP contribution is -2.52. The van der Waals surface area contributed by atoms with E-state index >= 15 is 0 Å². The van der Waals surface area contributed by atoms with Gasteiger partial charge >= 0.3 is 5.97 Å². The number of carboxylic acids is 1. The van der Waals surface area contributed by atoms with Crippen LogP contribution in [0, 0.1) is 5.92 Å². The minimum atomic E-state index is -0.868. The van der Waals surface area contributed by atoms with E-state index in [1.807, 2.05) is 0 Å². The van der Waals surface area contributed by atoms with Crippen LogP contribution in [-0.4, -0.2) is 44.8 Å². The molecule has 0 spiro atoms. The SMILES string of the molecule is O=C(O)C1CN(C(=O)c2ccc(Cn3cccn3)o2)C1. The monoisotopic (exact) mass is 275 g/mol. The summed E-state index contributed by atoms with van der Waals surface area (Å²) in [6.45, 7) is 0.935. The lowest BCUT2D eigenvalue weighted by molar-refractivity contribution is -0.146. The second kappa shape index (κ2) is 4.84. The first kappa shape index (κ1) is 12.5. The molecule has 7 nitrogen and oxygen atoms in total.